The number of rotatable bonds is 6. The Morgan fingerprint density at radius 2 is 1.89 bits per heavy atom. The van der Waals surface area contributed by atoms with E-state index in [9.17, 15) is 4.79 Å². The van der Waals surface area contributed by atoms with Gasteiger partial charge in [-0.2, -0.15) is 4.52 Å². The number of nitrogens with one attached hydrogen (secondary N) is 1. The van der Waals surface area contributed by atoms with Gasteiger partial charge in [0.25, 0.3) is 0 Å². The first-order chi connectivity index (χ1) is 16.9. The minimum absolute atomic E-state index is 0.0335. The summed E-state index contributed by atoms with van der Waals surface area (Å²) in [7, 11) is 0. The van der Waals surface area contributed by atoms with Crippen LogP contribution in [0.2, 0.25) is 0 Å². The lowest BCUT2D eigenvalue weighted by atomic mass is 9.90. The average Bonchev–Trinajstić information content (AvgIpc) is 3.52. The molecule has 4 heterocycles. The molecular weight excluding hydrogens is 458 g/mol. The van der Waals surface area contributed by atoms with Crippen molar-refractivity contribution in [2.45, 2.75) is 52.4 Å². The van der Waals surface area contributed by atoms with Gasteiger partial charge in [-0.3, -0.25) is 4.79 Å². The van der Waals surface area contributed by atoms with Crippen molar-refractivity contribution in [1.29, 1.82) is 0 Å². The summed E-state index contributed by atoms with van der Waals surface area (Å²) in [6.45, 7) is 10.4. The van der Waals surface area contributed by atoms with Gasteiger partial charge < -0.3 is 10.2 Å². The highest BCUT2D eigenvalue weighted by Gasteiger charge is 2.26. The van der Waals surface area contributed by atoms with Gasteiger partial charge in [-0.05, 0) is 47.9 Å². The van der Waals surface area contributed by atoms with Gasteiger partial charge in [0.1, 0.15) is 12.1 Å². The lowest BCUT2D eigenvalue weighted by molar-refractivity contribution is -0.120. The summed E-state index contributed by atoms with van der Waals surface area (Å²) < 4.78 is 1.68. The topological polar surface area (TPSA) is 88.3 Å². The number of nitrogens with zero attached hydrogens (tertiary/aromatic N) is 6. The monoisotopic (exact) mass is 489 g/mol. The number of fused-ring (bicyclic) bond motifs is 1. The number of anilines is 2. The molecule has 1 saturated heterocycles. The van der Waals surface area contributed by atoms with Crippen molar-refractivity contribution in [1.82, 2.24) is 24.8 Å². The quantitative estimate of drug-likeness (QED) is 0.393. The van der Waals surface area contributed by atoms with E-state index in [0.29, 0.717) is 17.0 Å². The van der Waals surface area contributed by atoms with E-state index >= 15 is 0 Å². The summed E-state index contributed by atoms with van der Waals surface area (Å²) in [6, 6.07) is 10.5. The van der Waals surface area contributed by atoms with Gasteiger partial charge in [0.15, 0.2) is 10.8 Å². The Kier molecular flexibility index (Phi) is 6.51. The number of piperidine rings is 1. The second-order valence-corrected chi connectivity index (χ2v) is 10.6. The molecule has 0 spiro atoms. The number of amides is 1. The third-order valence-corrected chi connectivity index (χ3v) is 7.47. The van der Waals surface area contributed by atoms with Gasteiger partial charge in [-0.25, -0.2) is 4.98 Å². The fourth-order valence-electron chi connectivity index (χ4n) is 4.57. The van der Waals surface area contributed by atoms with Crippen LogP contribution in [0, 0.1) is 5.92 Å². The number of benzene rings is 1. The normalized spacial score (nSPS) is 14.9. The predicted octanol–water partition coefficient (Wildman–Crippen LogP) is 5.35. The van der Waals surface area contributed by atoms with E-state index in [1.165, 1.54) is 22.5 Å². The smallest absolute Gasteiger partial charge is 0.229 e. The first kappa shape index (κ1) is 23.4. The summed E-state index contributed by atoms with van der Waals surface area (Å²) in [5.41, 5.74) is 5.43. The highest BCUT2D eigenvalue weighted by molar-refractivity contribution is 7.14. The van der Waals surface area contributed by atoms with Crippen LogP contribution < -0.4 is 10.2 Å². The number of carbonyl (C=O) groups is 1. The average molecular weight is 490 g/mol. The van der Waals surface area contributed by atoms with Gasteiger partial charge in [-0.15, -0.1) is 26.6 Å². The SMILES string of the molecule is CC(C)c1ccc(-c2csc(NC(=O)C3CCN(c4ccc5nncn5n4)CC3)n2)c(C(C)C)c1. The van der Waals surface area contributed by atoms with E-state index in [1.807, 2.05) is 17.5 Å². The van der Waals surface area contributed by atoms with Crippen molar-refractivity contribution in [3.8, 4) is 11.3 Å². The molecule has 1 aliphatic rings. The zero-order chi connectivity index (χ0) is 24.5. The van der Waals surface area contributed by atoms with Crippen molar-refractivity contribution >= 4 is 33.8 Å². The highest BCUT2D eigenvalue weighted by atomic mass is 32.1. The number of thiazole rings is 1. The molecular formula is C26H31N7OS. The summed E-state index contributed by atoms with van der Waals surface area (Å²) in [4.78, 5) is 20.0. The lowest BCUT2D eigenvalue weighted by Gasteiger charge is -2.31. The molecule has 3 aromatic heterocycles. The molecule has 5 rings (SSSR count). The van der Waals surface area contributed by atoms with E-state index in [2.05, 4.69) is 71.4 Å². The zero-order valence-corrected chi connectivity index (χ0v) is 21.4. The largest absolute Gasteiger partial charge is 0.355 e. The van der Waals surface area contributed by atoms with E-state index in [0.717, 1.165) is 48.7 Å². The van der Waals surface area contributed by atoms with Gasteiger partial charge in [0, 0.05) is 30.0 Å². The molecule has 182 valence electrons. The Balaban J connectivity index is 1.23. The van der Waals surface area contributed by atoms with Crippen LogP contribution in [0.1, 0.15) is 63.5 Å². The van der Waals surface area contributed by atoms with Gasteiger partial charge in [0.2, 0.25) is 5.91 Å². The molecule has 0 saturated carbocycles. The Morgan fingerprint density at radius 3 is 2.63 bits per heavy atom. The molecule has 0 aliphatic carbocycles. The molecule has 0 bridgehead atoms. The molecule has 0 radical (unpaired) electrons. The second kappa shape index (κ2) is 9.73. The van der Waals surface area contributed by atoms with Crippen LogP contribution in [0.4, 0.5) is 10.9 Å². The van der Waals surface area contributed by atoms with Gasteiger partial charge in [-0.1, -0.05) is 45.9 Å². The number of aromatic nitrogens is 5. The van der Waals surface area contributed by atoms with Crippen LogP contribution >= 0.6 is 11.3 Å². The van der Waals surface area contributed by atoms with Crippen LogP contribution in [0.3, 0.4) is 0 Å². The molecule has 0 atom stereocenters. The van der Waals surface area contributed by atoms with Crippen molar-refractivity contribution in [2.24, 2.45) is 5.92 Å². The van der Waals surface area contributed by atoms with Crippen LogP contribution in [-0.2, 0) is 4.79 Å². The summed E-state index contributed by atoms with van der Waals surface area (Å²) in [5.74, 6) is 1.78. The maximum atomic E-state index is 13.0. The number of hydrogen-bond acceptors (Lipinski definition) is 7. The molecule has 4 aromatic rings. The number of hydrogen-bond donors (Lipinski definition) is 1. The Labute approximate surface area is 209 Å². The Hall–Kier alpha value is -3.33. The first-order valence-electron chi connectivity index (χ1n) is 12.2. The van der Waals surface area contributed by atoms with Crippen LogP contribution in [0.25, 0.3) is 16.9 Å². The maximum Gasteiger partial charge on any atom is 0.229 e. The number of carbonyl (C=O) groups excluding carboxylic acids is 1. The summed E-state index contributed by atoms with van der Waals surface area (Å²) >= 11 is 1.49. The van der Waals surface area contributed by atoms with Gasteiger partial charge >= 0.3 is 0 Å². The Morgan fingerprint density at radius 1 is 1.09 bits per heavy atom. The minimum Gasteiger partial charge on any atom is -0.355 e. The van der Waals surface area contributed by atoms with Crippen molar-refractivity contribution in [2.75, 3.05) is 23.3 Å². The predicted molar refractivity (Wildman–Crippen MR) is 140 cm³/mol. The molecule has 8 nitrogen and oxygen atoms in total. The van der Waals surface area contributed by atoms with Crippen molar-refractivity contribution in [3.63, 3.8) is 0 Å². The Bertz CT molecular complexity index is 1330. The molecule has 1 aliphatic heterocycles. The summed E-state index contributed by atoms with van der Waals surface area (Å²) in [5, 5.41) is 18.2. The molecule has 1 aromatic carbocycles. The van der Waals surface area contributed by atoms with E-state index in [1.54, 1.807) is 10.8 Å². The second-order valence-electron chi connectivity index (χ2n) is 9.77. The third-order valence-electron chi connectivity index (χ3n) is 6.71. The van der Waals surface area contributed by atoms with Crippen LogP contribution in [0.15, 0.2) is 42.0 Å². The third kappa shape index (κ3) is 4.91. The molecule has 9 heteroatoms. The molecule has 35 heavy (non-hydrogen) atoms. The molecule has 0 unspecified atom stereocenters. The first-order valence-corrected chi connectivity index (χ1v) is 13.1. The highest BCUT2D eigenvalue weighted by Crippen LogP contribution is 2.34. The fourth-order valence-corrected chi connectivity index (χ4v) is 5.28. The fraction of sp³-hybridized carbons (Fsp3) is 0.423. The van der Waals surface area contributed by atoms with E-state index < -0.39 is 0 Å². The lowest BCUT2D eigenvalue weighted by Crippen LogP contribution is -2.38. The van der Waals surface area contributed by atoms with Crippen LogP contribution in [0.5, 0.6) is 0 Å². The van der Waals surface area contributed by atoms with E-state index in [-0.39, 0.29) is 11.8 Å². The molecule has 1 fully saturated rings. The zero-order valence-electron chi connectivity index (χ0n) is 20.6. The van der Waals surface area contributed by atoms with Crippen LogP contribution in [-0.4, -0.2) is 43.8 Å². The molecule has 1 N–H and O–H groups in total. The van der Waals surface area contributed by atoms with Crippen molar-refractivity contribution in [3.05, 3.63) is 53.2 Å². The van der Waals surface area contributed by atoms with E-state index in [4.69, 9.17) is 4.98 Å². The minimum atomic E-state index is -0.0335. The summed E-state index contributed by atoms with van der Waals surface area (Å²) in [6.07, 6.45) is 3.16. The van der Waals surface area contributed by atoms with Gasteiger partial charge in [0.05, 0.1) is 5.69 Å². The van der Waals surface area contributed by atoms with Crippen molar-refractivity contribution < 1.29 is 4.79 Å². The maximum absolute atomic E-state index is 13.0. The molecule has 1 amide bonds. The standard InChI is InChI=1S/C26H31N7OS/c1-16(2)19-5-6-20(21(13-19)17(3)4)22-14-35-26(28-22)29-25(34)18-9-11-32(12-10-18)24-8-7-23-30-27-15-33(23)31-24/h5-8,13-18H,9-12H2,1-4H3,(H,28,29,34).